The molecule has 9 heteroatoms. The fourth-order valence-corrected chi connectivity index (χ4v) is 3.79. The van der Waals surface area contributed by atoms with E-state index in [1.807, 2.05) is 11.0 Å². The zero-order chi connectivity index (χ0) is 23.9. The van der Waals surface area contributed by atoms with Crippen molar-refractivity contribution in [1.29, 1.82) is 0 Å². The SMILES string of the molecule is O=C(NC(CO)C(=O)N1CCN(c2ncccn2)CC1)c1cccc(C(=O)c2ccccc2)c1. The molecular weight excluding hydrogens is 434 g/mol. The lowest BCUT2D eigenvalue weighted by Gasteiger charge is -2.36. The van der Waals surface area contributed by atoms with Gasteiger partial charge in [0, 0.05) is 55.3 Å². The Balaban J connectivity index is 1.38. The lowest BCUT2D eigenvalue weighted by atomic mass is 10.0. The number of piperazine rings is 1. The van der Waals surface area contributed by atoms with E-state index in [2.05, 4.69) is 15.3 Å². The molecule has 34 heavy (non-hydrogen) atoms. The van der Waals surface area contributed by atoms with E-state index >= 15 is 0 Å². The fraction of sp³-hybridized carbons (Fsp3) is 0.240. The van der Waals surface area contributed by atoms with Gasteiger partial charge in [-0.15, -0.1) is 0 Å². The molecule has 9 nitrogen and oxygen atoms in total. The van der Waals surface area contributed by atoms with Gasteiger partial charge in [-0.25, -0.2) is 9.97 Å². The van der Waals surface area contributed by atoms with Crippen LogP contribution in [0, 0.1) is 0 Å². The summed E-state index contributed by atoms with van der Waals surface area (Å²) in [7, 11) is 0. The van der Waals surface area contributed by atoms with Gasteiger partial charge in [0.2, 0.25) is 11.9 Å². The summed E-state index contributed by atoms with van der Waals surface area (Å²) in [6, 6.07) is 15.7. The number of carbonyl (C=O) groups excluding carboxylic acids is 3. The van der Waals surface area contributed by atoms with Crippen LogP contribution in [-0.4, -0.2) is 76.4 Å². The Hall–Kier alpha value is -4.11. The Morgan fingerprint density at radius 2 is 1.50 bits per heavy atom. The number of rotatable bonds is 7. The highest BCUT2D eigenvalue weighted by Crippen LogP contribution is 2.13. The normalized spacial score (nSPS) is 14.4. The minimum atomic E-state index is -1.08. The van der Waals surface area contributed by atoms with Crippen LogP contribution in [0.15, 0.2) is 73.1 Å². The van der Waals surface area contributed by atoms with E-state index in [9.17, 15) is 19.5 Å². The van der Waals surface area contributed by atoms with E-state index in [0.29, 0.717) is 43.3 Å². The van der Waals surface area contributed by atoms with Crippen molar-refractivity contribution in [3.05, 3.63) is 89.7 Å². The van der Waals surface area contributed by atoms with Gasteiger partial charge in [0.25, 0.3) is 5.91 Å². The van der Waals surface area contributed by atoms with Crippen LogP contribution in [0.2, 0.25) is 0 Å². The molecule has 0 aliphatic carbocycles. The van der Waals surface area contributed by atoms with Gasteiger partial charge in [0.05, 0.1) is 6.61 Å². The molecule has 0 spiro atoms. The van der Waals surface area contributed by atoms with E-state index in [-0.39, 0.29) is 17.3 Å². The molecule has 1 aliphatic rings. The van der Waals surface area contributed by atoms with Crippen LogP contribution in [0.25, 0.3) is 0 Å². The molecule has 1 fully saturated rings. The number of nitrogens with one attached hydrogen (secondary N) is 1. The zero-order valence-corrected chi connectivity index (χ0v) is 18.5. The Labute approximate surface area is 197 Å². The molecule has 0 bridgehead atoms. The highest BCUT2D eigenvalue weighted by molar-refractivity contribution is 6.10. The van der Waals surface area contributed by atoms with Gasteiger partial charge in [-0.3, -0.25) is 14.4 Å². The Morgan fingerprint density at radius 3 is 2.18 bits per heavy atom. The Kier molecular flexibility index (Phi) is 7.24. The number of amides is 2. The molecule has 1 aromatic heterocycles. The molecule has 0 radical (unpaired) electrons. The zero-order valence-electron chi connectivity index (χ0n) is 18.5. The third kappa shape index (κ3) is 5.26. The molecule has 2 aromatic carbocycles. The third-order valence-corrected chi connectivity index (χ3v) is 5.64. The monoisotopic (exact) mass is 459 g/mol. The minimum absolute atomic E-state index is 0.203. The second-order valence-electron chi connectivity index (χ2n) is 7.85. The fourth-order valence-electron chi connectivity index (χ4n) is 3.79. The summed E-state index contributed by atoms with van der Waals surface area (Å²) in [6.07, 6.45) is 3.33. The van der Waals surface area contributed by atoms with Crippen molar-refractivity contribution >= 4 is 23.5 Å². The highest BCUT2D eigenvalue weighted by atomic mass is 16.3. The molecule has 174 valence electrons. The number of anilines is 1. The predicted octanol–water partition coefficient (Wildman–Crippen LogP) is 1.15. The van der Waals surface area contributed by atoms with Crippen LogP contribution in [0.3, 0.4) is 0 Å². The van der Waals surface area contributed by atoms with Crippen molar-refractivity contribution in [3.8, 4) is 0 Å². The molecule has 1 saturated heterocycles. The van der Waals surface area contributed by atoms with Crippen molar-refractivity contribution in [2.24, 2.45) is 0 Å². The molecule has 2 N–H and O–H groups in total. The average Bonchev–Trinajstić information content (AvgIpc) is 2.92. The second-order valence-corrected chi connectivity index (χ2v) is 7.85. The van der Waals surface area contributed by atoms with Gasteiger partial charge in [0.15, 0.2) is 5.78 Å². The Morgan fingerprint density at radius 1 is 0.853 bits per heavy atom. The van der Waals surface area contributed by atoms with E-state index in [4.69, 9.17) is 0 Å². The summed E-state index contributed by atoms with van der Waals surface area (Å²) in [4.78, 5) is 50.5. The molecule has 1 atom stereocenters. The maximum Gasteiger partial charge on any atom is 0.252 e. The quantitative estimate of drug-likeness (QED) is 0.509. The molecule has 2 heterocycles. The van der Waals surface area contributed by atoms with Crippen LogP contribution in [0.1, 0.15) is 26.3 Å². The molecule has 3 aromatic rings. The summed E-state index contributed by atoms with van der Waals surface area (Å²) in [6.45, 7) is 1.40. The summed E-state index contributed by atoms with van der Waals surface area (Å²) in [5.74, 6) is -0.496. The van der Waals surface area contributed by atoms with Gasteiger partial charge >= 0.3 is 0 Å². The molecule has 4 rings (SSSR count). The number of nitrogens with zero attached hydrogens (tertiary/aromatic N) is 4. The number of carbonyl (C=O) groups is 3. The highest BCUT2D eigenvalue weighted by Gasteiger charge is 2.29. The minimum Gasteiger partial charge on any atom is -0.394 e. The van der Waals surface area contributed by atoms with Crippen molar-refractivity contribution in [3.63, 3.8) is 0 Å². The van der Waals surface area contributed by atoms with Crippen molar-refractivity contribution in [2.45, 2.75) is 6.04 Å². The largest absolute Gasteiger partial charge is 0.394 e. The van der Waals surface area contributed by atoms with Gasteiger partial charge in [0.1, 0.15) is 6.04 Å². The first-order chi connectivity index (χ1) is 16.6. The van der Waals surface area contributed by atoms with Crippen molar-refractivity contribution in [1.82, 2.24) is 20.2 Å². The van der Waals surface area contributed by atoms with Crippen LogP contribution >= 0.6 is 0 Å². The summed E-state index contributed by atoms with van der Waals surface area (Å²) in [5, 5.41) is 12.4. The number of aliphatic hydroxyl groups is 1. The van der Waals surface area contributed by atoms with Crippen LogP contribution < -0.4 is 10.2 Å². The smallest absolute Gasteiger partial charge is 0.252 e. The van der Waals surface area contributed by atoms with Crippen LogP contribution in [-0.2, 0) is 4.79 Å². The van der Waals surface area contributed by atoms with Crippen molar-refractivity contribution in [2.75, 3.05) is 37.7 Å². The van der Waals surface area contributed by atoms with Gasteiger partial charge in [-0.2, -0.15) is 0 Å². The number of hydrogen-bond acceptors (Lipinski definition) is 7. The van der Waals surface area contributed by atoms with Gasteiger partial charge in [-0.1, -0.05) is 42.5 Å². The van der Waals surface area contributed by atoms with Crippen LogP contribution in [0.5, 0.6) is 0 Å². The number of aliphatic hydroxyl groups excluding tert-OH is 1. The van der Waals surface area contributed by atoms with E-state index < -0.39 is 18.6 Å². The lowest BCUT2D eigenvalue weighted by molar-refractivity contribution is -0.134. The van der Waals surface area contributed by atoms with Crippen molar-refractivity contribution < 1.29 is 19.5 Å². The number of hydrogen-bond donors (Lipinski definition) is 2. The number of benzene rings is 2. The van der Waals surface area contributed by atoms with Gasteiger partial charge < -0.3 is 20.2 Å². The van der Waals surface area contributed by atoms with Crippen LogP contribution in [0.4, 0.5) is 5.95 Å². The maximum atomic E-state index is 12.9. The first kappa shape index (κ1) is 23.1. The first-order valence-electron chi connectivity index (χ1n) is 11.0. The van der Waals surface area contributed by atoms with E-state index in [0.717, 1.165) is 0 Å². The predicted molar refractivity (Wildman–Crippen MR) is 125 cm³/mol. The molecule has 2 amide bonds. The van der Waals surface area contributed by atoms with E-state index in [1.54, 1.807) is 65.8 Å². The lowest BCUT2D eigenvalue weighted by Crippen LogP contribution is -2.56. The summed E-state index contributed by atoms with van der Waals surface area (Å²) >= 11 is 0. The average molecular weight is 460 g/mol. The topological polar surface area (TPSA) is 116 Å². The van der Waals surface area contributed by atoms with Gasteiger partial charge in [-0.05, 0) is 18.2 Å². The van der Waals surface area contributed by atoms with E-state index in [1.165, 1.54) is 6.07 Å². The Bertz CT molecular complexity index is 1150. The third-order valence-electron chi connectivity index (χ3n) is 5.64. The second kappa shape index (κ2) is 10.7. The molecule has 1 unspecified atom stereocenters. The molecular formula is C25H25N5O4. The standard InChI is InChI=1S/C25H25N5O4/c31-17-21(24(34)29-12-14-30(15-13-29)25-26-10-5-11-27-25)28-23(33)20-9-4-8-19(16-20)22(32)18-6-2-1-3-7-18/h1-11,16,21,31H,12-15,17H2,(H,28,33). The number of aromatic nitrogens is 2. The maximum absolute atomic E-state index is 12.9. The summed E-state index contributed by atoms with van der Waals surface area (Å²) < 4.78 is 0. The molecule has 0 saturated carbocycles. The first-order valence-corrected chi connectivity index (χ1v) is 11.0. The molecule has 1 aliphatic heterocycles. The number of ketones is 1. The summed E-state index contributed by atoms with van der Waals surface area (Å²) in [5.41, 5.74) is 1.12.